The number of hydrogen-bond donors (Lipinski definition) is 1. The predicted molar refractivity (Wildman–Crippen MR) is 100 cm³/mol. The minimum atomic E-state index is -0.558. The van der Waals surface area contributed by atoms with Crippen molar-refractivity contribution >= 4 is 5.91 Å². The van der Waals surface area contributed by atoms with Gasteiger partial charge in [0.1, 0.15) is 23.9 Å². The van der Waals surface area contributed by atoms with E-state index in [0.29, 0.717) is 48.6 Å². The summed E-state index contributed by atoms with van der Waals surface area (Å²) < 4.78 is 33.0. The SMILES string of the molecule is CCc1ncnc(OC2CCN(C(=O)c3cc(-c4ccc(F)cc4)n[nH]3)C2)c1F. The van der Waals surface area contributed by atoms with Gasteiger partial charge in [-0.15, -0.1) is 0 Å². The van der Waals surface area contributed by atoms with Gasteiger partial charge in [0.2, 0.25) is 5.82 Å². The minimum Gasteiger partial charge on any atom is -0.470 e. The zero-order valence-corrected chi connectivity index (χ0v) is 15.7. The molecule has 0 radical (unpaired) electrons. The number of hydrogen-bond acceptors (Lipinski definition) is 5. The number of benzene rings is 1. The zero-order valence-electron chi connectivity index (χ0n) is 15.7. The van der Waals surface area contributed by atoms with Crippen LogP contribution in [0.4, 0.5) is 8.78 Å². The van der Waals surface area contributed by atoms with E-state index in [9.17, 15) is 13.6 Å². The first-order valence-corrected chi connectivity index (χ1v) is 9.31. The number of nitrogens with zero attached hydrogens (tertiary/aromatic N) is 4. The van der Waals surface area contributed by atoms with Crippen molar-refractivity contribution in [3.63, 3.8) is 0 Å². The first kappa shape index (κ1) is 19.0. The summed E-state index contributed by atoms with van der Waals surface area (Å²) in [5.41, 5.74) is 1.88. The highest BCUT2D eigenvalue weighted by atomic mass is 19.1. The van der Waals surface area contributed by atoms with E-state index in [1.54, 1.807) is 30.0 Å². The van der Waals surface area contributed by atoms with Crippen LogP contribution in [0, 0.1) is 11.6 Å². The summed E-state index contributed by atoms with van der Waals surface area (Å²) in [6.45, 7) is 2.59. The van der Waals surface area contributed by atoms with Gasteiger partial charge < -0.3 is 9.64 Å². The normalized spacial score (nSPS) is 16.2. The lowest BCUT2D eigenvalue weighted by atomic mass is 10.1. The Bertz CT molecular complexity index is 1020. The van der Waals surface area contributed by atoms with Crippen LogP contribution in [0.5, 0.6) is 5.88 Å². The average molecular weight is 399 g/mol. The Morgan fingerprint density at radius 2 is 2.07 bits per heavy atom. The van der Waals surface area contributed by atoms with E-state index in [-0.39, 0.29) is 23.7 Å². The molecule has 0 aliphatic carbocycles. The number of aryl methyl sites for hydroxylation is 1. The smallest absolute Gasteiger partial charge is 0.272 e. The van der Waals surface area contributed by atoms with Crippen LogP contribution in [0.25, 0.3) is 11.3 Å². The van der Waals surface area contributed by atoms with Crippen LogP contribution in [-0.4, -0.2) is 50.2 Å². The molecule has 9 heteroatoms. The van der Waals surface area contributed by atoms with Gasteiger partial charge in [-0.3, -0.25) is 9.89 Å². The van der Waals surface area contributed by atoms with Crippen LogP contribution in [0.1, 0.15) is 29.5 Å². The molecule has 1 fully saturated rings. The molecular formula is C20H19F2N5O2. The quantitative estimate of drug-likeness (QED) is 0.713. The summed E-state index contributed by atoms with van der Waals surface area (Å²) >= 11 is 0. The van der Waals surface area contributed by atoms with E-state index in [0.717, 1.165) is 0 Å². The van der Waals surface area contributed by atoms with E-state index < -0.39 is 5.82 Å². The molecule has 1 amide bonds. The summed E-state index contributed by atoms with van der Waals surface area (Å²) in [5.74, 6) is -1.21. The zero-order chi connectivity index (χ0) is 20.4. The Morgan fingerprint density at radius 1 is 1.28 bits per heavy atom. The van der Waals surface area contributed by atoms with Gasteiger partial charge in [-0.1, -0.05) is 6.92 Å². The molecule has 1 aliphatic heterocycles. The number of aromatic amines is 1. The molecular weight excluding hydrogens is 380 g/mol. The van der Waals surface area contributed by atoms with E-state index in [4.69, 9.17) is 4.74 Å². The lowest BCUT2D eigenvalue weighted by Gasteiger charge is -2.16. The number of rotatable bonds is 5. The highest BCUT2D eigenvalue weighted by Gasteiger charge is 2.30. The molecule has 0 saturated carbocycles. The number of carbonyl (C=O) groups excluding carboxylic acids is 1. The van der Waals surface area contributed by atoms with E-state index >= 15 is 0 Å². The van der Waals surface area contributed by atoms with Crippen molar-refractivity contribution in [3.8, 4) is 17.1 Å². The van der Waals surface area contributed by atoms with Gasteiger partial charge in [0.15, 0.2) is 0 Å². The van der Waals surface area contributed by atoms with Crippen LogP contribution in [0.2, 0.25) is 0 Å². The van der Waals surface area contributed by atoms with Crippen LogP contribution in [0.3, 0.4) is 0 Å². The van der Waals surface area contributed by atoms with Crippen LogP contribution in [-0.2, 0) is 6.42 Å². The molecule has 1 aromatic carbocycles. The molecule has 2 aromatic heterocycles. The van der Waals surface area contributed by atoms with Gasteiger partial charge in [-0.2, -0.15) is 14.5 Å². The molecule has 1 saturated heterocycles. The van der Waals surface area contributed by atoms with E-state index in [1.165, 1.54) is 18.5 Å². The molecule has 7 nitrogen and oxygen atoms in total. The van der Waals surface area contributed by atoms with Crippen LogP contribution in [0.15, 0.2) is 36.7 Å². The Balaban J connectivity index is 1.42. The first-order chi connectivity index (χ1) is 14.0. The number of amides is 1. The fourth-order valence-corrected chi connectivity index (χ4v) is 3.25. The van der Waals surface area contributed by atoms with Crippen molar-refractivity contribution in [3.05, 3.63) is 59.7 Å². The third kappa shape index (κ3) is 3.94. The van der Waals surface area contributed by atoms with Gasteiger partial charge in [0.25, 0.3) is 11.8 Å². The van der Waals surface area contributed by atoms with Crippen molar-refractivity contribution < 1.29 is 18.3 Å². The predicted octanol–water partition coefficient (Wildman–Crippen LogP) is 3.00. The molecule has 3 heterocycles. The maximum absolute atomic E-state index is 14.3. The molecule has 150 valence electrons. The first-order valence-electron chi connectivity index (χ1n) is 9.31. The van der Waals surface area contributed by atoms with Gasteiger partial charge in [-0.25, -0.2) is 9.37 Å². The molecule has 1 atom stereocenters. The van der Waals surface area contributed by atoms with Gasteiger partial charge in [0, 0.05) is 18.5 Å². The van der Waals surface area contributed by atoms with E-state index in [1.807, 2.05) is 0 Å². The molecule has 1 aliphatic rings. The Kier molecular flexibility index (Phi) is 5.20. The van der Waals surface area contributed by atoms with Crippen molar-refractivity contribution in [2.45, 2.75) is 25.9 Å². The number of nitrogens with one attached hydrogen (secondary N) is 1. The van der Waals surface area contributed by atoms with Crippen molar-refractivity contribution in [1.29, 1.82) is 0 Å². The van der Waals surface area contributed by atoms with Crippen molar-refractivity contribution in [2.75, 3.05) is 13.1 Å². The molecule has 0 bridgehead atoms. The molecule has 0 spiro atoms. The summed E-state index contributed by atoms with van der Waals surface area (Å²) in [6.07, 6.45) is 1.93. The van der Waals surface area contributed by atoms with Crippen LogP contribution < -0.4 is 4.74 Å². The standard InChI is InChI=1S/C20H19F2N5O2/c1-2-15-18(22)19(24-11-23-15)29-14-7-8-27(10-14)20(28)17-9-16(25-26-17)12-3-5-13(21)6-4-12/h3-6,9,11,14H,2,7-8,10H2,1H3,(H,25,26). The molecule has 29 heavy (non-hydrogen) atoms. The van der Waals surface area contributed by atoms with Gasteiger partial charge in [0.05, 0.1) is 17.9 Å². The second-order valence-corrected chi connectivity index (χ2v) is 6.75. The monoisotopic (exact) mass is 399 g/mol. The summed E-state index contributed by atoms with van der Waals surface area (Å²) in [5, 5.41) is 6.86. The topological polar surface area (TPSA) is 84.0 Å². The highest BCUT2D eigenvalue weighted by molar-refractivity contribution is 5.93. The second-order valence-electron chi connectivity index (χ2n) is 6.75. The Morgan fingerprint density at radius 3 is 2.83 bits per heavy atom. The lowest BCUT2D eigenvalue weighted by molar-refractivity contribution is 0.0764. The number of halogens is 2. The summed E-state index contributed by atoms with van der Waals surface area (Å²) in [7, 11) is 0. The number of likely N-dealkylation sites (tertiary alicyclic amines) is 1. The summed E-state index contributed by atoms with van der Waals surface area (Å²) in [6, 6.07) is 7.50. The Hall–Kier alpha value is -3.36. The van der Waals surface area contributed by atoms with Gasteiger partial charge in [-0.05, 0) is 36.8 Å². The minimum absolute atomic E-state index is 0.0868. The molecule has 1 N–H and O–H groups in total. The average Bonchev–Trinajstić information content (AvgIpc) is 3.40. The van der Waals surface area contributed by atoms with Crippen molar-refractivity contribution in [2.24, 2.45) is 0 Å². The third-order valence-corrected chi connectivity index (χ3v) is 4.82. The molecule has 4 rings (SSSR count). The molecule has 3 aromatic rings. The number of H-pyrrole nitrogens is 1. The number of ether oxygens (including phenoxy) is 1. The maximum Gasteiger partial charge on any atom is 0.272 e. The van der Waals surface area contributed by atoms with Crippen LogP contribution >= 0.6 is 0 Å². The summed E-state index contributed by atoms with van der Waals surface area (Å²) in [4.78, 5) is 22.1. The second kappa shape index (κ2) is 7.94. The van der Waals surface area contributed by atoms with Crippen molar-refractivity contribution in [1.82, 2.24) is 25.1 Å². The molecule has 1 unspecified atom stereocenters. The fraction of sp³-hybridized carbons (Fsp3) is 0.300. The number of aromatic nitrogens is 4. The van der Waals surface area contributed by atoms with Gasteiger partial charge >= 0.3 is 0 Å². The third-order valence-electron chi connectivity index (χ3n) is 4.82. The Labute approximate surface area is 165 Å². The van der Waals surface area contributed by atoms with E-state index in [2.05, 4.69) is 20.2 Å². The fourth-order valence-electron chi connectivity index (χ4n) is 3.25. The maximum atomic E-state index is 14.3. The highest BCUT2D eigenvalue weighted by Crippen LogP contribution is 2.23. The lowest BCUT2D eigenvalue weighted by Crippen LogP contribution is -2.31. The number of carbonyl (C=O) groups is 1. The largest absolute Gasteiger partial charge is 0.470 e.